The molecule has 0 aromatic carbocycles. The lowest BCUT2D eigenvalue weighted by Gasteiger charge is -2.15. The van der Waals surface area contributed by atoms with Crippen molar-refractivity contribution in [2.45, 2.75) is 19.3 Å². The van der Waals surface area contributed by atoms with Crippen molar-refractivity contribution in [3.63, 3.8) is 0 Å². The number of primary sulfonamides is 1. The van der Waals surface area contributed by atoms with Gasteiger partial charge in [-0.25, -0.2) is 13.6 Å². The van der Waals surface area contributed by atoms with Crippen molar-refractivity contribution in [1.82, 2.24) is 5.32 Å². The predicted octanol–water partition coefficient (Wildman–Crippen LogP) is -1.11. The molecule has 2 unspecified atom stereocenters. The van der Waals surface area contributed by atoms with Gasteiger partial charge in [0.15, 0.2) is 0 Å². The molecule has 0 aromatic rings. The van der Waals surface area contributed by atoms with Crippen molar-refractivity contribution in [3.05, 3.63) is 0 Å². The number of amides is 1. The maximum absolute atomic E-state index is 11.6. The third-order valence-corrected chi connectivity index (χ3v) is 3.63. The molecule has 8 heteroatoms. The number of carbonyl (C=O) groups is 2. The van der Waals surface area contributed by atoms with Gasteiger partial charge in [0, 0.05) is 6.54 Å². The van der Waals surface area contributed by atoms with E-state index >= 15 is 0 Å². The number of sulfonamides is 1. The lowest BCUT2D eigenvalue weighted by Crippen LogP contribution is -2.38. The van der Waals surface area contributed by atoms with E-state index in [0.717, 1.165) is 0 Å². The average molecular weight is 264 g/mol. The van der Waals surface area contributed by atoms with Gasteiger partial charge in [0.1, 0.15) is 0 Å². The Hall–Kier alpha value is -1.15. The fourth-order valence-corrected chi connectivity index (χ4v) is 2.40. The minimum absolute atomic E-state index is 0.0828. The molecular formula is C9H16N2O5S. The summed E-state index contributed by atoms with van der Waals surface area (Å²) in [4.78, 5) is 22.5. The molecule has 7 nitrogen and oxygen atoms in total. The first-order chi connectivity index (χ1) is 7.81. The van der Waals surface area contributed by atoms with E-state index in [2.05, 4.69) is 5.32 Å². The molecule has 1 fully saturated rings. The van der Waals surface area contributed by atoms with Crippen molar-refractivity contribution in [2.24, 2.45) is 17.0 Å². The van der Waals surface area contributed by atoms with E-state index in [1.807, 2.05) is 0 Å². The summed E-state index contributed by atoms with van der Waals surface area (Å²) in [7, 11) is -3.60. The maximum Gasteiger partial charge on any atom is 0.307 e. The van der Waals surface area contributed by atoms with Gasteiger partial charge in [0.05, 0.1) is 17.6 Å². The van der Waals surface area contributed by atoms with Crippen LogP contribution in [0.5, 0.6) is 0 Å². The lowest BCUT2D eigenvalue weighted by atomic mass is 9.95. The zero-order valence-electron chi connectivity index (χ0n) is 9.26. The highest BCUT2D eigenvalue weighted by molar-refractivity contribution is 7.89. The van der Waals surface area contributed by atoms with Crippen LogP contribution in [0.25, 0.3) is 0 Å². The van der Waals surface area contributed by atoms with Crippen molar-refractivity contribution in [1.29, 1.82) is 0 Å². The summed E-state index contributed by atoms with van der Waals surface area (Å²) >= 11 is 0. The molecule has 17 heavy (non-hydrogen) atoms. The second-order valence-corrected chi connectivity index (χ2v) is 5.87. The minimum atomic E-state index is -3.60. The summed E-state index contributed by atoms with van der Waals surface area (Å²) in [5.41, 5.74) is 0. The Morgan fingerprint density at radius 3 is 2.41 bits per heavy atom. The smallest absolute Gasteiger partial charge is 0.307 e. The topological polar surface area (TPSA) is 127 Å². The van der Waals surface area contributed by atoms with Gasteiger partial charge in [0.25, 0.3) is 0 Å². The number of hydrogen-bond donors (Lipinski definition) is 3. The van der Waals surface area contributed by atoms with Crippen LogP contribution in [0.2, 0.25) is 0 Å². The Bertz CT molecular complexity index is 406. The number of nitrogens with two attached hydrogens (primary N) is 1. The SMILES string of the molecule is NS(=O)(=O)CCNC(=O)C1CCCC1C(=O)O. The molecular weight excluding hydrogens is 248 g/mol. The van der Waals surface area contributed by atoms with E-state index in [-0.39, 0.29) is 12.3 Å². The molecule has 1 amide bonds. The van der Waals surface area contributed by atoms with Gasteiger partial charge >= 0.3 is 5.97 Å². The second-order valence-electron chi connectivity index (χ2n) is 4.14. The van der Waals surface area contributed by atoms with Crippen LogP contribution in [-0.2, 0) is 19.6 Å². The molecule has 1 rings (SSSR count). The van der Waals surface area contributed by atoms with Crippen molar-refractivity contribution in [2.75, 3.05) is 12.3 Å². The van der Waals surface area contributed by atoms with Crippen LogP contribution in [-0.4, -0.2) is 37.7 Å². The summed E-state index contributed by atoms with van der Waals surface area (Å²) < 4.78 is 21.3. The highest BCUT2D eigenvalue weighted by Gasteiger charge is 2.37. The molecule has 1 aliphatic carbocycles. The van der Waals surface area contributed by atoms with Crippen LogP contribution in [0, 0.1) is 11.8 Å². The van der Waals surface area contributed by atoms with Gasteiger partial charge in [-0.1, -0.05) is 6.42 Å². The molecule has 0 aromatic heterocycles. The molecule has 0 radical (unpaired) electrons. The third-order valence-electron chi connectivity index (χ3n) is 2.86. The molecule has 0 aliphatic heterocycles. The number of hydrogen-bond acceptors (Lipinski definition) is 4. The maximum atomic E-state index is 11.6. The summed E-state index contributed by atoms with van der Waals surface area (Å²) in [6.45, 7) is -0.0828. The van der Waals surface area contributed by atoms with Gasteiger partial charge in [-0.15, -0.1) is 0 Å². The Kier molecular flexibility index (Phi) is 4.47. The van der Waals surface area contributed by atoms with E-state index in [1.165, 1.54) is 0 Å². The molecule has 1 aliphatic rings. The quantitative estimate of drug-likeness (QED) is 0.580. The van der Waals surface area contributed by atoms with E-state index < -0.39 is 33.7 Å². The van der Waals surface area contributed by atoms with E-state index in [0.29, 0.717) is 19.3 Å². The first-order valence-electron chi connectivity index (χ1n) is 5.32. The number of aliphatic carboxylic acids is 1. The van der Waals surface area contributed by atoms with Crippen LogP contribution in [0.15, 0.2) is 0 Å². The zero-order chi connectivity index (χ0) is 13.1. The fraction of sp³-hybridized carbons (Fsp3) is 0.778. The highest BCUT2D eigenvalue weighted by Crippen LogP contribution is 2.31. The van der Waals surface area contributed by atoms with Gasteiger partial charge in [-0.05, 0) is 12.8 Å². The molecule has 1 saturated carbocycles. The van der Waals surface area contributed by atoms with Gasteiger partial charge in [0.2, 0.25) is 15.9 Å². The highest BCUT2D eigenvalue weighted by atomic mass is 32.2. The Morgan fingerprint density at radius 1 is 1.29 bits per heavy atom. The van der Waals surface area contributed by atoms with Crippen LogP contribution in [0.4, 0.5) is 0 Å². The predicted molar refractivity (Wildman–Crippen MR) is 59.5 cm³/mol. The van der Waals surface area contributed by atoms with Gasteiger partial charge in [-0.2, -0.15) is 0 Å². The van der Waals surface area contributed by atoms with Crippen molar-refractivity contribution >= 4 is 21.9 Å². The molecule has 98 valence electrons. The monoisotopic (exact) mass is 264 g/mol. The number of carbonyl (C=O) groups excluding carboxylic acids is 1. The molecule has 0 saturated heterocycles. The fourth-order valence-electron chi connectivity index (χ4n) is 2.02. The van der Waals surface area contributed by atoms with E-state index in [9.17, 15) is 18.0 Å². The second kappa shape index (κ2) is 5.46. The third kappa shape index (κ3) is 4.31. The first-order valence-corrected chi connectivity index (χ1v) is 7.04. The summed E-state index contributed by atoms with van der Waals surface area (Å²) in [5, 5.41) is 16.1. The average Bonchev–Trinajstić information content (AvgIpc) is 2.63. The van der Waals surface area contributed by atoms with Crippen molar-refractivity contribution < 1.29 is 23.1 Å². The summed E-state index contributed by atoms with van der Waals surface area (Å²) in [6, 6.07) is 0. The molecule has 0 bridgehead atoms. The van der Waals surface area contributed by atoms with Crippen LogP contribution < -0.4 is 10.5 Å². The largest absolute Gasteiger partial charge is 0.481 e. The van der Waals surface area contributed by atoms with E-state index in [1.54, 1.807) is 0 Å². The van der Waals surface area contributed by atoms with Crippen molar-refractivity contribution in [3.8, 4) is 0 Å². The standard InChI is InChI=1S/C9H16N2O5S/c10-17(15,16)5-4-11-8(12)6-2-1-3-7(6)9(13)14/h6-7H,1-5H2,(H,11,12)(H,13,14)(H2,10,15,16). The normalized spacial score (nSPS) is 24.5. The first kappa shape index (κ1) is 13.9. The lowest BCUT2D eigenvalue weighted by molar-refractivity contribution is -0.146. The molecule has 0 spiro atoms. The Labute approximate surface area is 99.4 Å². The van der Waals surface area contributed by atoms with E-state index in [4.69, 9.17) is 10.2 Å². The van der Waals surface area contributed by atoms with Gasteiger partial charge in [-0.3, -0.25) is 9.59 Å². The number of nitrogens with one attached hydrogen (secondary N) is 1. The Morgan fingerprint density at radius 2 is 1.88 bits per heavy atom. The molecule has 0 heterocycles. The summed E-state index contributed by atoms with van der Waals surface area (Å²) in [5.74, 6) is -2.95. The summed E-state index contributed by atoms with van der Waals surface area (Å²) in [6.07, 6.45) is 1.71. The van der Waals surface area contributed by atoms with Crippen LogP contribution in [0.3, 0.4) is 0 Å². The minimum Gasteiger partial charge on any atom is -0.481 e. The number of carboxylic acid groups (broad SMARTS) is 1. The molecule has 4 N–H and O–H groups in total. The number of carboxylic acids is 1. The van der Waals surface area contributed by atoms with Crippen LogP contribution in [0.1, 0.15) is 19.3 Å². The zero-order valence-corrected chi connectivity index (χ0v) is 10.1. The number of rotatable bonds is 5. The molecule has 2 atom stereocenters. The van der Waals surface area contributed by atoms with Gasteiger partial charge < -0.3 is 10.4 Å². The Balaban J connectivity index is 2.45. The van der Waals surface area contributed by atoms with Crippen LogP contribution >= 0.6 is 0 Å².